The first kappa shape index (κ1) is 30.0. The van der Waals surface area contributed by atoms with Gasteiger partial charge in [0.1, 0.15) is 38.0 Å². The third kappa shape index (κ3) is 6.39. The molecule has 4 heterocycles. The van der Waals surface area contributed by atoms with Gasteiger partial charge in [0.25, 0.3) is 5.17 Å². The number of rotatable bonds is 10. The van der Waals surface area contributed by atoms with Crippen LogP contribution in [0.15, 0.2) is 66.3 Å². The van der Waals surface area contributed by atoms with Crippen molar-refractivity contribution in [2.24, 2.45) is 5.16 Å². The Morgan fingerprint density at radius 1 is 1.18 bits per heavy atom. The van der Waals surface area contributed by atoms with Gasteiger partial charge in [0.05, 0.1) is 11.8 Å². The van der Waals surface area contributed by atoms with Crippen molar-refractivity contribution in [1.82, 2.24) is 9.55 Å². The zero-order chi connectivity index (χ0) is 30.7. The summed E-state index contributed by atoms with van der Waals surface area (Å²) >= 11 is 5.59. The molecule has 1 aromatic heterocycles. The summed E-state index contributed by atoms with van der Waals surface area (Å²) in [5, 5.41) is 4.22. The van der Waals surface area contributed by atoms with Crippen molar-refractivity contribution in [2.75, 3.05) is 20.7 Å². The van der Waals surface area contributed by atoms with E-state index in [4.69, 9.17) is 55.0 Å². The minimum Gasteiger partial charge on any atom is -0.458 e. The molecule has 44 heavy (non-hydrogen) atoms. The number of esters is 1. The molecule has 0 N–H and O–H groups in total. The molecule has 1 saturated heterocycles. The molecule has 3 aliphatic rings. The van der Waals surface area contributed by atoms with Crippen molar-refractivity contribution >= 4 is 29.6 Å². The number of aromatic nitrogens is 2. The monoisotopic (exact) mass is 625 g/mol. The van der Waals surface area contributed by atoms with Crippen LogP contribution in [-0.2, 0) is 39.9 Å². The highest BCUT2D eigenvalue weighted by Gasteiger charge is 2.53. The Morgan fingerprint density at radius 3 is 2.73 bits per heavy atom. The third-order valence-corrected chi connectivity index (χ3v) is 7.41. The molecule has 0 radical (unpaired) electrons. The van der Waals surface area contributed by atoms with Crippen LogP contribution in [0.4, 0.5) is 0 Å². The molecule has 0 bridgehead atoms. The first-order chi connectivity index (χ1) is 21.3. The van der Waals surface area contributed by atoms with E-state index < -0.39 is 42.3 Å². The lowest BCUT2D eigenvalue weighted by Crippen LogP contribution is -2.52. The van der Waals surface area contributed by atoms with Gasteiger partial charge in [0, 0.05) is 25.1 Å². The fourth-order valence-electron chi connectivity index (χ4n) is 5.20. The molecule has 13 nitrogen and oxygen atoms in total. The topological polar surface area (TPSA) is 130 Å². The number of hydrogen-bond donors (Lipinski definition) is 0. The molecule has 14 heteroatoms. The second-order valence-corrected chi connectivity index (χ2v) is 10.9. The normalized spacial score (nSPS) is 24.1. The third-order valence-electron chi connectivity index (χ3n) is 7.10. The molecule has 0 aliphatic carbocycles. The van der Waals surface area contributed by atoms with Crippen molar-refractivity contribution in [1.29, 1.82) is 0 Å². The number of methoxy groups -OCH3 is 1. The van der Waals surface area contributed by atoms with E-state index in [0.717, 1.165) is 5.56 Å². The Morgan fingerprint density at radius 2 is 1.98 bits per heavy atom. The van der Waals surface area contributed by atoms with Gasteiger partial charge in [-0.05, 0) is 43.8 Å². The summed E-state index contributed by atoms with van der Waals surface area (Å²) < 4.78 is 48.9. The molecule has 6 rings (SSSR count). The zero-order valence-electron chi connectivity index (χ0n) is 24.2. The van der Waals surface area contributed by atoms with Crippen molar-refractivity contribution in [3.05, 3.63) is 77.9 Å². The molecule has 3 aromatic rings. The number of hydrogen-bond acceptors (Lipinski definition) is 13. The molecule has 0 saturated carbocycles. The molecule has 5 atom stereocenters. The Kier molecular flexibility index (Phi) is 8.77. The van der Waals surface area contributed by atoms with E-state index in [0.29, 0.717) is 17.1 Å². The minimum absolute atomic E-state index is 0.0188. The Labute approximate surface area is 258 Å². The summed E-state index contributed by atoms with van der Waals surface area (Å²) in [6.07, 6.45) is 1.57. The van der Waals surface area contributed by atoms with E-state index in [1.54, 1.807) is 38.4 Å². The number of fused-ring (bicyclic) bond motifs is 2. The molecule has 0 spiro atoms. The number of carbonyl (C=O) groups is 1. The number of imidazole rings is 1. The maximum Gasteiger partial charge on any atom is 0.339 e. The maximum absolute atomic E-state index is 13.5. The lowest BCUT2D eigenvalue weighted by molar-refractivity contribution is -0.200. The zero-order valence-corrected chi connectivity index (χ0v) is 25.0. The van der Waals surface area contributed by atoms with Gasteiger partial charge in [-0.15, -0.1) is 0 Å². The molecule has 0 amide bonds. The van der Waals surface area contributed by atoms with Gasteiger partial charge in [-0.3, -0.25) is 4.57 Å². The molecule has 2 aromatic carbocycles. The SMILES string of the molecule is COCO[C@H]([C@H]1OC(C)(C)O[C@H]1/C=N\OCc1ccccc1)[C@@H]1OC(=O)c2cc3c(cc2C1OC(=S)n1ccnc1)OCO3. The van der Waals surface area contributed by atoms with Gasteiger partial charge >= 0.3 is 5.97 Å². The standard InChI is InChI=1S/C30H31N3O10S/c1-30(2)42-23(13-32-39-14-18-7-5-4-6-8-18)25(43-30)26(38-16-35-3)27-24(41-29(44)33-10-9-31-15-33)19-11-21-22(37-17-36-21)12-20(19)28(34)40-27/h4-13,15,23-27H,14,16-17H2,1-3H3/b32-13-/t23-,24?,25-,26+,27+/m0/s1. The Balaban J connectivity index is 1.33. The van der Waals surface area contributed by atoms with E-state index in [9.17, 15) is 4.79 Å². The van der Waals surface area contributed by atoms with Crippen molar-refractivity contribution in [2.45, 2.75) is 56.8 Å². The average molecular weight is 626 g/mol. The quantitative estimate of drug-likeness (QED) is 0.107. The minimum atomic E-state index is -1.09. The number of cyclic esters (lactones) is 1. The number of nitrogens with zero attached hydrogens (tertiary/aromatic N) is 3. The van der Waals surface area contributed by atoms with Crippen molar-refractivity contribution < 1.29 is 47.5 Å². The van der Waals surface area contributed by atoms with E-state index >= 15 is 0 Å². The summed E-state index contributed by atoms with van der Waals surface area (Å²) in [7, 11) is 1.48. The number of ether oxygens (including phenoxy) is 8. The van der Waals surface area contributed by atoms with Crippen molar-refractivity contribution in [3.63, 3.8) is 0 Å². The molecule has 1 unspecified atom stereocenters. The maximum atomic E-state index is 13.5. The number of thiocarbonyl (C=S) groups is 1. The van der Waals surface area contributed by atoms with E-state index in [1.807, 2.05) is 30.3 Å². The van der Waals surface area contributed by atoms with Gasteiger partial charge in [-0.2, -0.15) is 0 Å². The fraction of sp³-hybridized carbons (Fsp3) is 0.400. The van der Waals surface area contributed by atoms with Crippen LogP contribution in [0.5, 0.6) is 11.5 Å². The first-order valence-corrected chi connectivity index (χ1v) is 14.2. The van der Waals surface area contributed by atoms with Crippen LogP contribution >= 0.6 is 12.2 Å². The smallest absolute Gasteiger partial charge is 0.339 e. The van der Waals surface area contributed by atoms with Gasteiger partial charge in [-0.1, -0.05) is 35.5 Å². The van der Waals surface area contributed by atoms with Crippen LogP contribution in [0.1, 0.15) is 41.4 Å². The van der Waals surface area contributed by atoms with Crippen LogP contribution < -0.4 is 9.47 Å². The van der Waals surface area contributed by atoms with Gasteiger partial charge in [0.2, 0.25) is 6.79 Å². The predicted molar refractivity (Wildman–Crippen MR) is 156 cm³/mol. The lowest BCUT2D eigenvalue weighted by atomic mass is 9.89. The fourth-order valence-corrected chi connectivity index (χ4v) is 5.41. The molecular formula is C30H31N3O10S. The highest BCUT2D eigenvalue weighted by Crippen LogP contribution is 2.44. The predicted octanol–water partition coefficient (Wildman–Crippen LogP) is 3.75. The van der Waals surface area contributed by atoms with Gasteiger partial charge in [0.15, 0.2) is 29.5 Å². The van der Waals surface area contributed by atoms with Crippen LogP contribution in [-0.4, -0.2) is 77.8 Å². The first-order valence-electron chi connectivity index (χ1n) is 13.8. The van der Waals surface area contributed by atoms with Crippen molar-refractivity contribution in [3.8, 4) is 11.5 Å². The number of carbonyl (C=O) groups excluding carboxylic acids is 1. The Hall–Kier alpha value is -4.08. The van der Waals surface area contributed by atoms with Gasteiger partial charge < -0.3 is 42.7 Å². The van der Waals surface area contributed by atoms with E-state index in [1.165, 1.54) is 24.2 Å². The largest absolute Gasteiger partial charge is 0.458 e. The van der Waals surface area contributed by atoms with E-state index in [2.05, 4.69) is 10.1 Å². The van der Waals surface area contributed by atoms with Gasteiger partial charge in [-0.25, -0.2) is 9.78 Å². The molecule has 1 fully saturated rings. The van der Waals surface area contributed by atoms with Crippen LogP contribution in [0, 0.1) is 0 Å². The summed E-state index contributed by atoms with van der Waals surface area (Å²) in [5.41, 5.74) is 1.67. The highest BCUT2D eigenvalue weighted by atomic mass is 32.1. The van der Waals surface area contributed by atoms with Crippen LogP contribution in [0.3, 0.4) is 0 Å². The highest BCUT2D eigenvalue weighted by molar-refractivity contribution is 7.80. The summed E-state index contributed by atoms with van der Waals surface area (Å²) in [6, 6.07) is 12.9. The van der Waals surface area contributed by atoms with Crippen LogP contribution in [0.2, 0.25) is 0 Å². The average Bonchev–Trinajstić information content (AvgIpc) is 3.77. The molecule has 232 valence electrons. The Bertz CT molecular complexity index is 1500. The second kappa shape index (κ2) is 12.9. The molecular weight excluding hydrogens is 594 g/mol. The molecule has 3 aliphatic heterocycles. The summed E-state index contributed by atoms with van der Waals surface area (Å²) in [6.45, 7) is 3.65. The summed E-state index contributed by atoms with van der Waals surface area (Å²) in [4.78, 5) is 23.1. The summed E-state index contributed by atoms with van der Waals surface area (Å²) in [5.74, 6) is -0.781. The van der Waals surface area contributed by atoms with Crippen LogP contribution in [0.25, 0.3) is 0 Å². The lowest BCUT2D eigenvalue weighted by Gasteiger charge is -2.39. The second-order valence-electron chi connectivity index (χ2n) is 10.6. The number of oxime groups is 1. The number of benzene rings is 2. The van der Waals surface area contributed by atoms with E-state index in [-0.39, 0.29) is 30.9 Å².